The van der Waals surface area contributed by atoms with Crippen LogP contribution in [0, 0.1) is 0 Å². The number of fused-ring (bicyclic) bond motifs is 4. The summed E-state index contributed by atoms with van der Waals surface area (Å²) in [7, 11) is -0.662. The quantitative estimate of drug-likeness (QED) is 0.428. The monoisotopic (exact) mass is 579 g/mol. The summed E-state index contributed by atoms with van der Waals surface area (Å²) in [6.07, 6.45) is 0.993. The van der Waals surface area contributed by atoms with E-state index in [-0.39, 0.29) is 30.7 Å². The molecule has 0 saturated heterocycles. The molecule has 0 heterocycles. The van der Waals surface area contributed by atoms with E-state index in [1.165, 1.54) is 56.2 Å². The van der Waals surface area contributed by atoms with Crippen molar-refractivity contribution in [1.29, 1.82) is 0 Å². The van der Waals surface area contributed by atoms with Crippen LogP contribution in [-0.4, -0.2) is 13.6 Å². The fraction of sp³-hybridized carbons (Fsp3) is 0.222. The Morgan fingerprint density at radius 2 is 1.41 bits per heavy atom. The molecule has 3 aromatic rings. The largest absolute Gasteiger partial charge is 1.00 e. The van der Waals surface area contributed by atoms with Crippen LogP contribution in [0.5, 0.6) is 0 Å². The molecule has 34 heavy (non-hydrogen) atoms. The summed E-state index contributed by atoms with van der Waals surface area (Å²) in [4.78, 5) is 0. The van der Waals surface area contributed by atoms with Gasteiger partial charge in [-0.05, 0) is 0 Å². The van der Waals surface area contributed by atoms with Crippen LogP contribution >= 0.6 is 23.2 Å². The van der Waals surface area contributed by atoms with Gasteiger partial charge < -0.3 is 24.8 Å². The molecular formula is C27H23Cl4OSiTi. The molecule has 173 valence electrons. The predicted molar refractivity (Wildman–Crippen MR) is 134 cm³/mol. The molecule has 0 N–H and O–H groups in total. The Bertz CT molecular complexity index is 1240. The average molecular weight is 581 g/mol. The number of halogens is 4. The summed E-state index contributed by atoms with van der Waals surface area (Å²) >= 11 is 14.7. The van der Waals surface area contributed by atoms with Gasteiger partial charge in [0.2, 0.25) is 0 Å². The molecule has 0 aliphatic heterocycles. The number of hydrogen-bond acceptors (Lipinski definition) is 1. The van der Waals surface area contributed by atoms with Crippen LogP contribution in [0.15, 0.2) is 66.4 Å². The maximum atomic E-state index is 6.43. The third-order valence-corrected chi connectivity index (χ3v) is 10.6. The van der Waals surface area contributed by atoms with E-state index in [0.717, 1.165) is 22.2 Å². The number of benzene rings is 3. The third-order valence-electron chi connectivity index (χ3n) is 6.81. The Labute approximate surface area is 237 Å². The Balaban J connectivity index is 0.00000162. The SMILES string of the molecule is CC[Si](CC)=C1Cc2ccccc2C(C2c3ccc(Cl)cc3-c3cc(Cl)ccc32)=C1[O][Ti+2].[Cl-].[Cl-]. The van der Waals surface area contributed by atoms with E-state index in [1.54, 1.807) is 0 Å². The summed E-state index contributed by atoms with van der Waals surface area (Å²) in [6.45, 7) is 4.64. The molecule has 1 nitrogen and oxygen atoms in total. The third kappa shape index (κ3) is 4.64. The zero-order chi connectivity index (χ0) is 22.4. The van der Waals surface area contributed by atoms with E-state index in [9.17, 15) is 0 Å². The average Bonchev–Trinajstić information content (AvgIpc) is 3.11. The molecule has 2 aliphatic carbocycles. The Morgan fingerprint density at radius 1 is 0.853 bits per heavy atom. The fourth-order valence-electron chi connectivity index (χ4n) is 5.36. The molecule has 0 fully saturated rings. The van der Waals surface area contributed by atoms with Crippen molar-refractivity contribution in [2.75, 3.05) is 0 Å². The normalized spacial score (nSPS) is 14.0. The molecule has 0 unspecified atom stereocenters. The summed E-state index contributed by atoms with van der Waals surface area (Å²) in [5.74, 6) is 1.20. The molecule has 3 aromatic carbocycles. The summed E-state index contributed by atoms with van der Waals surface area (Å²) in [5, 5.41) is 3.01. The minimum atomic E-state index is -0.662. The zero-order valence-corrected chi connectivity index (χ0v) is 24.5. The molecule has 0 bridgehead atoms. The van der Waals surface area contributed by atoms with E-state index < -0.39 is 8.41 Å². The van der Waals surface area contributed by atoms with E-state index in [1.807, 2.05) is 33.0 Å². The molecular weight excluding hydrogens is 558 g/mol. The molecule has 0 aromatic heterocycles. The topological polar surface area (TPSA) is 9.23 Å². The standard InChI is InChI=1S/C27H24Cl2OSi.2ClH.Ti/c1-3-31(4-2)24-13-16-7-5-6-8-19(16)26(27(24)30)25-20-11-9-17(28)14-22(20)23-15-18(29)10-12-21(23)25;;;/h5-12,14-15,25,30H,3-4,13H2,1-2H3;2*1H;/q;;;+3/p-3. The van der Waals surface area contributed by atoms with Gasteiger partial charge in [0.1, 0.15) is 0 Å². The maximum Gasteiger partial charge on any atom is -1.00 e. The van der Waals surface area contributed by atoms with E-state index in [4.69, 9.17) is 26.5 Å². The summed E-state index contributed by atoms with van der Waals surface area (Å²) in [5.41, 5.74) is 8.88. The van der Waals surface area contributed by atoms with Crippen LogP contribution < -0.4 is 24.8 Å². The van der Waals surface area contributed by atoms with Crippen LogP contribution in [0.3, 0.4) is 0 Å². The van der Waals surface area contributed by atoms with Gasteiger partial charge >= 0.3 is 215 Å². The van der Waals surface area contributed by atoms with Crippen molar-refractivity contribution in [2.45, 2.75) is 38.3 Å². The Kier molecular flexibility index (Phi) is 9.37. The Hall–Kier alpha value is -0.839. The molecule has 0 amide bonds. The first-order valence-electron chi connectivity index (χ1n) is 11.0. The first-order valence-corrected chi connectivity index (χ1v) is 14.3. The van der Waals surface area contributed by atoms with Crippen LogP contribution in [0.25, 0.3) is 16.7 Å². The van der Waals surface area contributed by atoms with Crippen molar-refractivity contribution in [3.05, 3.63) is 98.7 Å². The van der Waals surface area contributed by atoms with Crippen LogP contribution in [0.1, 0.15) is 42.0 Å². The van der Waals surface area contributed by atoms with Crippen molar-refractivity contribution in [3.63, 3.8) is 0 Å². The van der Waals surface area contributed by atoms with Gasteiger partial charge in [-0.25, -0.2) is 0 Å². The second kappa shape index (κ2) is 11.5. The first-order chi connectivity index (χ1) is 15.6. The number of hydrogen-bond donors (Lipinski definition) is 0. The molecule has 2 aliphatic rings. The smallest absolute Gasteiger partial charge is 1.00 e. The molecule has 7 heteroatoms. The van der Waals surface area contributed by atoms with E-state index in [2.05, 4.69) is 62.4 Å². The number of rotatable bonds is 4. The van der Waals surface area contributed by atoms with Gasteiger partial charge in [-0.3, -0.25) is 0 Å². The van der Waals surface area contributed by atoms with Gasteiger partial charge in [-0.2, -0.15) is 0 Å². The van der Waals surface area contributed by atoms with Gasteiger partial charge in [-0.1, -0.05) is 0 Å². The van der Waals surface area contributed by atoms with E-state index in [0.29, 0.717) is 0 Å². The van der Waals surface area contributed by atoms with Crippen molar-refractivity contribution in [3.8, 4) is 11.1 Å². The molecule has 0 spiro atoms. The molecule has 0 saturated carbocycles. The minimum Gasteiger partial charge on any atom is -1.00 e. The van der Waals surface area contributed by atoms with Gasteiger partial charge in [0.15, 0.2) is 0 Å². The minimum absolute atomic E-state index is 0. The maximum absolute atomic E-state index is 6.43. The van der Waals surface area contributed by atoms with Gasteiger partial charge in [0.05, 0.1) is 0 Å². The predicted octanol–water partition coefficient (Wildman–Crippen LogP) is 1.85. The van der Waals surface area contributed by atoms with Gasteiger partial charge in [0, 0.05) is 0 Å². The summed E-state index contributed by atoms with van der Waals surface area (Å²) < 4.78 is 6.26. The van der Waals surface area contributed by atoms with Crippen molar-refractivity contribution in [1.82, 2.24) is 0 Å². The van der Waals surface area contributed by atoms with Crippen LogP contribution in [0.4, 0.5) is 0 Å². The fourth-order valence-corrected chi connectivity index (χ4v) is 8.53. The summed E-state index contributed by atoms with van der Waals surface area (Å²) in [6, 6.07) is 23.8. The van der Waals surface area contributed by atoms with Crippen molar-refractivity contribution in [2.24, 2.45) is 0 Å². The second-order valence-corrected chi connectivity index (χ2v) is 12.8. The molecule has 0 atom stereocenters. The van der Waals surface area contributed by atoms with Gasteiger partial charge in [-0.15, -0.1) is 0 Å². The second-order valence-electron chi connectivity index (χ2n) is 8.36. The van der Waals surface area contributed by atoms with Crippen LogP contribution in [0.2, 0.25) is 22.1 Å². The zero-order valence-electron chi connectivity index (χ0n) is 18.9. The van der Waals surface area contributed by atoms with Crippen molar-refractivity contribution < 1.29 is 49.0 Å². The van der Waals surface area contributed by atoms with E-state index >= 15 is 0 Å². The van der Waals surface area contributed by atoms with Crippen LogP contribution in [-0.2, 0) is 30.6 Å². The number of allylic oxidation sites excluding steroid dienone is 2. The van der Waals surface area contributed by atoms with Gasteiger partial charge in [0.25, 0.3) is 0 Å². The Morgan fingerprint density at radius 3 is 1.94 bits per heavy atom. The van der Waals surface area contributed by atoms with Crippen molar-refractivity contribution >= 4 is 42.4 Å². The molecule has 0 radical (unpaired) electrons. The molecule has 5 rings (SSSR count). The first kappa shape index (κ1) is 27.7.